The number of carboxylic acid groups (broad SMARTS) is 1. The predicted octanol–water partition coefficient (Wildman–Crippen LogP) is 2.08. The Kier molecular flexibility index (Phi) is 6.76. The maximum Gasteiger partial charge on any atom is 0.347 e. The average Bonchev–Trinajstić information content (AvgIpc) is 3.26. The van der Waals surface area contributed by atoms with E-state index in [1.807, 2.05) is 13.8 Å². The number of aromatic nitrogens is 3. The number of hydrogen-bond donors (Lipinski definition) is 4. The Labute approximate surface area is 177 Å². The first-order chi connectivity index (χ1) is 13.8. The summed E-state index contributed by atoms with van der Waals surface area (Å²) in [7, 11) is 0. The first kappa shape index (κ1) is 21.5. The first-order valence-corrected chi connectivity index (χ1v) is 10.8. The Morgan fingerprint density at radius 1 is 1.34 bits per heavy atom. The molecule has 9 nitrogen and oxygen atoms in total. The van der Waals surface area contributed by atoms with Crippen LogP contribution in [-0.4, -0.2) is 63.7 Å². The highest BCUT2D eigenvalue weighted by Gasteiger charge is 2.32. The van der Waals surface area contributed by atoms with Crippen LogP contribution in [0.3, 0.4) is 0 Å². The normalized spacial score (nSPS) is 19.4. The van der Waals surface area contributed by atoms with Gasteiger partial charge in [-0.2, -0.15) is 0 Å². The van der Waals surface area contributed by atoms with Crippen molar-refractivity contribution in [3.63, 3.8) is 0 Å². The molecule has 1 aliphatic heterocycles. The van der Waals surface area contributed by atoms with Crippen molar-refractivity contribution in [1.29, 1.82) is 0 Å². The molecule has 0 aliphatic carbocycles. The summed E-state index contributed by atoms with van der Waals surface area (Å²) in [6.45, 7) is 7.68. The molecule has 158 valence electrons. The summed E-state index contributed by atoms with van der Waals surface area (Å²) in [5.41, 5.74) is 1.26. The molecule has 2 aromatic heterocycles. The topological polar surface area (TPSA) is 123 Å². The zero-order chi connectivity index (χ0) is 21.1. The number of carbonyl (C=O) groups excluding carboxylic acids is 1. The Morgan fingerprint density at radius 3 is 2.69 bits per heavy atom. The van der Waals surface area contributed by atoms with E-state index in [2.05, 4.69) is 30.5 Å². The van der Waals surface area contributed by atoms with Gasteiger partial charge in [0, 0.05) is 25.2 Å². The van der Waals surface area contributed by atoms with E-state index in [1.54, 1.807) is 6.92 Å². The molecule has 1 saturated heterocycles. The Balaban J connectivity index is 1.70. The summed E-state index contributed by atoms with van der Waals surface area (Å²) in [6.07, 6.45) is 1.36. The lowest BCUT2D eigenvalue weighted by molar-refractivity contribution is 0.0700. The van der Waals surface area contributed by atoms with Crippen molar-refractivity contribution in [2.24, 2.45) is 0 Å². The number of rotatable bonds is 7. The molecule has 2 aromatic rings. The highest BCUT2D eigenvalue weighted by Crippen LogP contribution is 2.28. The van der Waals surface area contributed by atoms with Gasteiger partial charge in [0.2, 0.25) is 0 Å². The number of hydrogen-bond acceptors (Lipinski definition) is 7. The minimum absolute atomic E-state index is 0.00809. The summed E-state index contributed by atoms with van der Waals surface area (Å²) in [5.74, 6) is -1.03. The number of carbonyl (C=O) groups is 2. The Bertz CT molecular complexity index is 898. The van der Waals surface area contributed by atoms with Crippen molar-refractivity contribution in [2.45, 2.75) is 45.7 Å². The van der Waals surface area contributed by atoms with Crippen molar-refractivity contribution in [2.75, 3.05) is 24.5 Å². The van der Waals surface area contributed by atoms with Gasteiger partial charge in [-0.1, -0.05) is 36.8 Å². The van der Waals surface area contributed by atoms with Crippen molar-refractivity contribution in [1.82, 2.24) is 25.6 Å². The molecule has 0 aromatic carbocycles. The van der Waals surface area contributed by atoms with Crippen molar-refractivity contribution in [3.05, 3.63) is 27.2 Å². The molecule has 1 amide bonds. The van der Waals surface area contributed by atoms with Gasteiger partial charge < -0.3 is 25.6 Å². The number of anilines is 1. The Hall–Kier alpha value is -2.17. The quantitative estimate of drug-likeness (QED) is 0.519. The van der Waals surface area contributed by atoms with Crippen LogP contribution in [0.4, 0.5) is 5.13 Å². The second-order valence-electron chi connectivity index (χ2n) is 6.90. The number of aromatic carboxylic acids is 1. The fourth-order valence-corrected chi connectivity index (χ4v) is 4.66. The maximum absolute atomic E-state index is 12.6. The van der Waals surface area contributed by atoms with Crippen LogP contribution in [0.2, 0.25) is 5.15 Å². The number of halogens is 1. The molecular formula is C18H25ClN6O3S. The number of imidazole rings is 1. The summed E-state index contributed by atoms with van der Waals surface area (Å²) < 4.78 is 0. The van der Waals surface area contributed by atoms with Crippen LogP contribution < -0.4 is 15.5 Å². The van der Waals surface area contributed by atoms with Gasteiger partial charge in [-0.15, -0.1) is 0 Å². The number of aryl methyl sites for hydroxylation is 2. The maximum atomic E-state index is 12.6. The molecule has 0 bridgehead atoms. The van der Waals surface area contributed by atoms with E-state index in [0.717, 1.165) is 12.2 Å². The second kappa shape index (κ2) is 9.10. The first-order valence-electron chi connectivity index (χ1n) is 9.58. The molecule has 11 heteroatoms. The van der Waals surface area contributed by atoms with Crippen LogP contribution in [0.1, 0.15) is 51.9 Å². The highest BCUT2D eigenvalue weighted by atomic mass is 35.5. The molecule has 3 heterocycles. The summed E-state index contributed by atoms with van der Waals surface area (Å²) in [4.78, 5) is 37.8. The predicted molar refractivity (Wildman–Crippen MR) is 112 cm³/mol. The van der Waals surface area contributed by atoms with Crippen molar-refractivity contribution >= 4 is 39.9 Å². The number of thiazole rings is 1. The van der Waals surface area contributed by atoms with Gasteiger partial charge in [-0.3, -0.25) is 4.79 Å². The van der Waals surface area contributed by atoms with Gasteiger partial charge in [-0.25, -0.2) is 14.8 Å². The summed E-state index contributed by atoms with van der Waals surface area (Å²) in [6, 6.07) is -0.0982. The lowest BCUT2D eigenvalue weighted by Gasteiger charge is -2.39. The largest absolute Gasteiger partial charge is 0.477 e. The molecule has 29 heavy (non-hydrogen) atoms. The van der Waals surface area contributed by atoms with E-state index in [-0.39, 0.29) is 28.7 Å². The van der Waals surface area contributed by atoms with E-state index in [9.17, 15) is 14.7 Å². The second-order valence-corrected chi connectivity index (χ2v) is 8.24. The minimum atomic E-state index is -0.958. The van der Waals surface area contributed by atoms with Crippen LogP contribution in [0.5, 0.6) is 0 Å². The number of piperidine rings is 1. The van der Waals surface area contributed by atoms with Crippen LogP contribution in [0.25, 0.3) is 0 Å². The van der Waals surface area contributed by atoms with E-state index in [1.165, 1.54) is 11.3 Å². The number of carboxylic acids is 1. The smallest absolute Gasteiger partial charge is 0.347 e. The molecule has 0 saturated carbocycles. The molecule has 4 N–H and O–H groups in total. The van der Waals surface area contributed by atoms with Gasteiger partial charge in [-0.05, 0) is 26.3 Å². The molecule has 1 fully saturated rings. The van der Waals surface area contributed by atoms with Gasteiger partial charge in [0.25, 0.3) is 5.91 Å². The van der Waals surface area contributed by atoms with Crippen molar-refractivity contribution < 1.29 is 14.7 Å². The van der Waals surface area contributed by atoms with Crippen LogP contribution in [0, 0.1) is 6.92 Å². The van der Waals surface area contributed by atoms with Gasteiger partial charge >= 0.3 is 5.97 Å². The van der Waals surface area contributed by atoms with E-state index >= 15 is 0 Å². The number of amides is 1. The van der Waals surface area contributed by atoms with Crippen molar-refractivity contribution in [3.8, 4) is 0 Å². The third kappa shape index (κ3) is 4.71. The Morgan fingerprint density at radius 2 is 2.10 bits per heavy atom. The lowest BCUT2D eigenvalue weighted by Crippen LogP contribution is -2.59. The molecule has 2 unspecified atom stereocenters. The molecule has 2 atom stereocenters. The molecule has 1 aliphatic rings. The van der Waals surface area contributed by atoms with Crippen LogP contribution in [-0.2, 0) is 6.42 Å². The summed E-state index contributed by atoms with van der Waals surface area (Å²) in [5, 5.41) is 16.8. The SMILES string of the molecule is CCNC1CN(c2nc(C)c(C(=O)O)s2)CCC1NC(=O)c1nc(Cl)c(CC)[nH]1. The number of likely N-dealkylation sites (N-methyl/N-ethyl adjacent to an activating group) is 1. The monoisotopic (exact) mass is 440 g/mol. The fourth-order valence-electron chi connectivity index (χ4n) is 3.45. The standard InChI is InChI=1S/C18H25ClN6O3S/c1-4-10-14(19)24-15(22-10)16(26)23-11-6-7-25(8-12(11)20-5-2)18-21-9(3)13(29-18)17(27)28/h11-12,20H,4-8H2,1-3H3,(H,22,24)(H,23,26)(H,27,28). The van der Waals surface area contributed by atoms with Gasteiger partial charge in [0.15, 0.2) is 16.1 Å². The van der Waals surface area contributed by atoms with Gasteiger partial charge in [0.05, 0.1) is 11.4 Å². The zero-order valence-corrected chi connectivity index (χ0v) is 18.2. The third-order valence-electron chi connectivity index (χ3n) is 4.94. The average molecular weight is 441 g/mol. The number of H-pyrrole nitrogens is 1. The molecule has 0 spiro atoms. The van der Waals surface area contributed by atoms with E-state index in [0.29, 0.717) is 41.9 Å². The van der Waals surface area contributed by atoms with Crippen LogP contribution >= 0.6 is 22.9 Å². The highest BCUT2D eigenvalue weighted by molar-refractivity contribution is 7.17. The number of nitrogens with one attached hydrogen (secondary N) is 3. The number of aromatic amines is 1. The van der Waals surface area contributed by atoms with E-state index < -0.39 is 5.97 Å². The minimum Gasteiger partial charge on any atom is -0.477 e. The van der Waals surface area contributed by atoms with Gasteiger partial charge in [0.1, 0.15) is 4.88 Å². The summed E-state index contributed by atoms with van der Waals surface area (Å²) >= 11 is 7.23. The lowest BCUT2D eigenvalue weighted by atomic mass is 9.99. The number of nitrogens with zero attached hydrogens (tertiary/aromatic N) is 3. The molecule has 0 radical (unpaired) electrons. The third-order valence-corrected chi connectivity index (χ3v) is 6.46. The van der Waals surface area contributed by atoms with E-state index in [4.69, 9.17) is 11.6 Å². The molecule has 3 rings (SSSR count). The van der Waals surface area contributed by atoms with Crippen LogP contribution in [0.15, 0.2) is 0 Å². The fraction of sp³-hybridized carbons (Fsp3) is 0.556. The zero-order valence-electron chi connectivity index (χ0n) is 16.6. The molecular weight excluding hydrogens is 416 g/mol.